The van der Waals surface area contributed by atoms with Gasteiger partial charge in [0.25, 0.3) is 5.56 Å². The second-order valence-electron chi connectivity index (χ2n) is 5.23. The highest BCUT2D eigenvalue weighted by Crippen LogP contribution is 2.11. The van der Waals surface area contributed by atoms with Crippen LogP contribution in [0, 0.1) is 0 Å². The van der Waals surface area contributed by atoms with Gasteiger partial charge in [-0.2, -0.15) is 0 Å². The van der Waals surface area contributed by atoms with E-state index in [0.717, 1.165) is 17.7 Å². The Kier molecular flexibility index (Phi) is 4.90. The zero-order chi connectivity index (χ0) is 16.8. The molecule has 0 amide bonds. The number of hydrogen-bond acceptors (Lipinski definition) is 6. The van der Waals surface area contributed by atoms with Crippen LogP contribution in [0.1, 0.15) is 17.0 Å². The fourth-order valence-electron chi connectivity index (χ4n) is 2.25. The molecule has 0 radical (unpaired) electrons. The molecule has 0 spiro atoms. The van der Waals surface area contributed by atoms with Crippen molar-refractivity contribution in [1.29, 1.82) is 0 Å². The number of benzene rings is 1. The van der Waals surface area contributed by atoms with Crippen molar-refractivity contribution in [1.82, 2.24) is 15.2 Å². The lowest BCUT2D eigenvalue weighted by molar-refractivity contribution is 0.414. The Morgan fingerprint density at radius 1 is 1.21 bits per heavy atom. The minimum atomic E-state index is -0.270. The molecule has 24 heavy (non-hydrogen) atoms. The highest BCUT2D eigenvalue weighted by atomic mass is 16.5. The fraction of sp³-hybridized carbons (Fsp3) is 0.235. The summed E-state index contributed by atoms with van der Waals surface area (Å²) in [5, 5.41) is 11.0. The van der Waals surface area contributed by atoms with E-state index in [-0.39, 0.29) is 5.56 Å². The van der Waals surface area contributed by atoms with Crippen LogP contribution in [-0.4, -0.2) is 28.8 Å². The zero-order valence-corrected chi connectivity index (χ0v) is 13.3. The summed E-state index contributed by atoms with van der Waals surface area (Å²) in [4.78, 5) is 14.7. The maximum absolute atomic E-state index is 12.0. The number of nitrogens with one attached hydrogen (secondary N) is 2. The summed E-state index contributed by atoms with van der Waals surface area (Å²) in [5.41, 5.74) is 1.21. The summed E-state index contributed by atoms with van der Waals surface area (Å²) in [7, 11) is 1.64. The lowest BCUT2D eigenvalue weighted by atomic mass is 10.1. The molecule has 1 aromatic carbocycles. The van der Waals surface area contributed by atoms with Crippen LogP contribution in [0.5, 0.6) is 5.75 Å². The maximum Gasteiger partial charge on any atom is 0.274 e. The molecule has 7 nitrogen and oxygen atoms in total. The van der Waals surface area contributed by atoms with E-state index in [2.05, 4.69) is 20.5 Å². The van der Waals surface area contributed by atoms with Crippen LogP contribution in [0.2, 0.25) is 0 Å². The van der Waals surface area contributed by atoms with Gasteiger partial charge in [-0.15, -0.1) is 10.2 Å². The summed E-state index contributed by atoms with van der Waals surface area (Å²) < 4.78 is 10.3. The van der Waals surface area contributed by atoms with E-state index in [4.69, 9.17) is 9.15 Å². The molecule has 0 atom stereocenters. The molecule has 2 aromatic heterocycles. The van der Waals surface area contributed by atoms with Gasteiger partial charge in [-0.1, -0.05) is 12.1 Å². The first kappa shape index (κ1) is 15.8. The first-order valence-electron chi connectivity index (χ1n) is 7.59. The standard InChI is InChI=1S/C17H18N4O3/c1-23-13-6-4-12(5-7-13)8-9-18-17-19-16(22)15(20-21-17)11-14-3-2-10-24-14/h2-7,10H,8-9,11H2,1H3,(H2,18,19,21,22). The quantitative estimate of drug-likeness (QED) is 0.690. The molecule has 0 bridgehead atoms. The molecular formula is C17H18N4O3. The summed E-state index contributed by atoms with van der Waals surface area (Å²) in [6, 6.07) is 11.4. The second-order valence-corrected chi connectivity index (χ2v) is 5.23. The van der Waals surface area contributed by atoms with Crippen molar-refractivity contribution >= 4 is 5.95 Å². The average molecular weight is 326 g/mol. The molecule has 0 unspecified atom stereocenters. The van der Waals surface area contributed by atoms with Gasteiger partial charge in [-0.25, -0.2) is 0 Å². The molecule has 2 heterocycles. The summed E-state index contributed by atoms with van der Waals surface area (Å²) in [5.74, 6) is 1.86. The van der Waals surface area contributed by atoms with Crippen molar-refractivity contribution in [3.8, 4) is 5.75 Å². The maximum atomic E-state index is 12.0. The van der Waals surface area contributed by atoms with Crippen molar-refractivity contribution in [2.75, 3.05) is 19.0 Å². The minimum absolute atomic E-state index is 0.270. The number of rotatable bonds is 7. The number of methoxy groups -OCH3 is 1. The van der Waals surface area contributed by atoms with Crippen LogP contribution in [0.3, 0.4) is 0 Å². The number of aromatic nitrogens is 3. The molecular weight excluding hydrogens is 308 g/mol. The highest BCUT2D eigenvalue weighted by Gasteiger charge is 2.07. The molecule has 3 aromatic rings. The van der Waals surface area contributed by atoms with Crippen LogP contribution < -0.4 is 15.6 Å². The van der Waals surface area contributed by atoms with Gasteiger partial charge in [0.05, 0.1) is 19.8 Å². The third-order valence-electron chi connectivity index (χ3n) is 3.55. The Hall–Kier alpha value is -3.09. The molecule has 7 heteroatoms. The van der Waals surface area contributed by atoms with Crippen LogP contribution >= 0.6 is 0 Å². The van der Waals surface area contributed by atoms with Crippen molar-refractivity contribution < 1.29 is 9.15 Å². The number of H-pyrrole nitrogens is 1. The molecule has 0 aliphatic heterocycles. The Balaban J connectivity index is 1.55. The smallest absolute Gasteiger partial charge is 0.274 e. The fourth-order valence-corrected chi connectivity index (χ4v) is 2.25. The largest absolute Gasteiger partial charge is 0.497 e. The lowest BCUT2D eigenvalue weighted by Crippen LogP contribution is -2.20. The van der Waals surface area contributed by atoms with Gasteiger partial charge >= 0.3 is 0 Å². The molecule has 0 saturated heterocycles. The first-order valence-corrected chi connectivity index (χ1v) is 7.59. The number of ether oxygens (including phenoxy) is 1. The van der Waals surface area contributed by atoms with E-state index in [1.807, 2.05) is 24.3 Å². The van der Waals surface area contributed by atoms with E-state index < -0.39 is 0 Å². The number of aromatic amines is 1. The van der Waals surface area contributed by atoms with Gasteiger partial charge < -0.3 is 14.5 Å². The Morgan fingerprint density at radius 2 is 2.04 bits per heavy atom. The molecule has 0 fully saturated rings. The predicted molar refractivity (Wildman–Crippen MR) is 89.4 cm³/mol. The van der Waals surface area contributed by atoms with Gasteiger partial charge in [-0.05, 0) is 36.2 Å². The number of hydrogen-bond donors (Lipinski definition) is 2. The monoisotopic (exact) mass is 326 g/mol. The van der Waals surface area contributed by atoms with Gasteiger partial charge in [0.2, 0.25) is 5.95 Å². The van der Waals surface area contributed by atoms with Crippen LogP contribution in [0.25, 0.3) is 0 Å². The van der Waals surface area contributed by atoms with Crippen LogP contribution in [0.15, 0.2) is 51.9 Å². The Bertz CT molecular complexity index is 826. The third-order valence-corrected chi connectivity index (χ3v) is 3.55. The third kappa shape index (κ3) is 4.01. The van der Waals surface area contributed by atoms with E-state index in [1.54, 1.807) is 25.5 Å². The summed E-state index contributed by atoms with van der Waals surface area (Å²) in [6.45, 7) is 0.633. The molecule has 2 N–H and O–H groups in total. The van der Waals surface area contributed by atoms with Gasteiger partial charge in [-0.3, -0.25) is 9.78 Å². The van der Waals surface area contributed by atoms with Gasteiger partial charge in [0, 0.05) is 6.54 Å². The van der Waals surface area contributed by atoms with Crippen molar-refractivity contribution in [2.45, 2.75) is 12.8 Å². The lowest BCUT2D eigenvalue weighted by Gasteiger charge is -2.06. The van der Waals surface area contributed by atoms with Gasteiger partial charge in [0.15, 0.2) is 0 Å². The first-order chi connectivity index (χ1) is 11.7. The molecule has 124 valence electrons. The molecule has 0 aliphatic rings. The Labute approximate surface area is 138 Å². The van der Waals surface area contributed by atoms with Crippen molar-refractivity contribution in [3.63, 3.8) is 0 Å². The molecule has 0 saturated carbocycles. The van der Waals surface area contributed by atoms with Crippen molar-refractivity contribution in [2.24, 2.45) is 0 Å². The summed E-state index contributed by atoms with van der Waals surface area (Å²) >= 11 is 0. The normalized spacial score (nSPS) is 10.5. The Morgan fingerprint density at radius 3 is 2.71 bits per heavy atom. The van der Waals surface area contributed by atoms with E-state index in [0.29, 0.717) is 30.4 Å². The number of nitrogens with zero attached hydrogens (tertiary/aromatic N) is 2. The zero-order valence-electron chi connectivity index (χ0n) is 13.3. The van der Waals surface area contributed by atoms with Crippen molar-refractivity contribution in [3.05, 3.63) is 70.0 Å². The van der Waals surface area contributed by atoms with Crippen LogP contribution in [-0.2, 0) is 12.8 Å². The number of anilines is 1. The van der Waals surface area contributed by atoms with Crippen LogP contribution in [0.4, 0.5) is 5.95 Å². The SMILES string of the molecule is COc1ccc(CCNc2nnc(Cc3ccco3)c(=O)[nH]2)cc1. The van der Waals surface area contributed by atoms with E-state index in [9.17, 15) is 4.79 Å². The number of furan rings is 1. The van der Waals surface area contributed by atoms with E-state index in [1.165, 1.54) is 0 Å². The average Bonchev–Trinajstić information content (AvgIpc) is 3.11. The topological polar surface area (TPSA) is 93.0 Å². The highest BCUT2D eigenvalue weighted by molar-refractivity contribution is 5.28. The van der Waals surface area contributed by atoms with E-state index >= 15 is 0 Å². The summed E-state index contributed by atoms with van der Waals surface area (Å²) in [6.07, 6.45) is 2.68. The molecule has 0 aliphatic carbocycles. The minimum Gasteiger partial charge on any atom is -0.497 e. The molecule has 3 rings (SSSR count). The predicted octanol–water partition coefficient (Wildman–Crippen LogP) is 2.01. The van der Waals surface area contributed by atoms with Gasteiger partial charge in [0.1, 0.15) is 17.2 Å². The second kappa shape index (κ2) is 7.45.